The number of aliphatic hydroxyl groups is 2. The number of aromatic nitrogens is 2. The first-order valence-corrected chi connectivity index (χ1v) is 15.1. The van der Waals surface area contributed by atoms with E-state index in [0.717, 1.165) is 42.5 Å². The van der Waals surface area contributed by atoms with Crippen molar-refractivity contribution in [1.29, 1.82) is 0 Å². The molecule has 228 valence electrons. The molecule has 1 aromatic heterocycles. The summed E-state index contributed by atoms with van der Waals surface area (Å²) in [5.41, 5.74) is 9.49. The average molecular weight is 573 g/mol. The molecule has 7 atom stereocenters. The van der Waals surface area contributed by atoms with Crippen LogP contribution >= 0.6 is 0 Å². The lowest BCUT2D eigenvalue weighted by atomic mass is 9.76. The fraction of sp³-hybridized carbons (Fsp3) is 0.759. The first-order chi connectivity index (χ1) is 19.6. The zero-order valence-corrected chi connectivity index (χ0v) is 24.7. The van der Waals surface area contributed by atoms with Crippen LogP contribution in [0.3, 0.4) is 0 Å². The largest absolute Gasteiger partial charge is 0.387 e. The summed E-state index contributed by atoms with van der Waals surface area (Å²) in [6.45, 7) is 6.78. The van der Waals surface area contributed by atoms with Crippen LogP contribution in [0, 0.1) is 5.92 Å². The molecule has 4 fully saturated rings. The molecule has 0 radical (unpaired) electrons. The number of likely N-dealkylation sites (N-methyl/N-ethyl adjacent to an activating group) is 1. The second-order valence-electron chi connectivity index (χ2n) is 13.2. The molecule has 12 nitrogen and oxygen atoms in total. The highest BCUT2D eigenvalue weighted by Crippen LogP contribution is 2.36. The van der Waals surface area contributed by atoms with Gasteiger partial charge in [-0.25, -0.2) is 9.88 Å². The van der Waals surface area contributed by atoms with E-state index in [4.69, 9.17) is 20.2 Å². The lowest BCUT2D eigenvalue weighted by molar-refractivity contribution is -0.108. The second kappa shape index (κ2) is 11.8. The zero-order valence-electron chi connectivity index (χ0n) is 24.7. The van der Waals surface area contributed by atoms with Crippen molar-refractivity contribution in [3.8, 4) is 0 Å². The van der Waals surface area contributed by atoms with Gasteiger partial charge in [-0.15, -0.1) is 0 Å². The first kappa shape index (κ1) is 29.4. The Morgan fingerprint density at radius 3 is 2.78 bits per heavy atom. The van der Waals surface area contributed by atoms with Crippen molar-refractivity contribution in [3.05, 3.63) is 29.6 Å². The molecule has 1 aromatic carbocycles. The Kier molecular flexibility index (Phi) is 8.42. The number of aromatic amines is 1. The molecule has 4 aliphatic rings. The maximum absolute atomic E-state index is 10.9. The first-order valence-electron chi connectivity index (χ1n) is 15.1. The number of hydrogen-bond donors (Lipinski definition) is 7. The fourth-order valence-electron chi connectivity index (χ4n) is 7.12. The number of aryl methyl sites for hydroxylation is 1. The number of methoxy groups -OCH3 is 1. The number of aliphatic hydroxyl groups excluding tert-OH is 2. The van der Waals surface area contributed by atoms with Crippen molar-refractivity contribution in [3.63, 3.8) is 0 Å². The molecule has 6 rings (SSSR count). The minimum absolute atomic E-state index is 0.00963. The van der Waals surface area contributed by atoms with Crippen LogP contribution < -0.4 is 21.7 Å². The van der Waals surface area contributed by atoms with Gasteiger partial charge in [0.15, 0.2) is 0 Å². The summed E-state index contributed by atoms with van der Waals surface area (Å²) >= 11 is 0. The van der Waals surface area contributed by atoms with Gasteiger partial charge in [0.1, 0.15) is 30.4 Å². The summed E-state index contributed by atoms with van der Waals surface area (Å²) in [6, 6.07) is 6.93. The molecule has 3 unspecified atom stereocenters. The highest BCUT2D eigenvalue weighted by molar-refractivity contribution is 5.76. The molecule has 4 heterocycles. The molecule has 1 saturated carbocycles. The van der Waals surface area contributed by atoms with Crippen molar-refractivity contribution in [1.82, 2.24) is 35.7 Å². The number of nitrogens with one attached hydrogen (secondary N) is 4. The third kappa shape index (κ3) is 5.79. The summed E-state index contributed by atoms with van der Waals surface area (Å²) in [6.07, 6.45) is 1.12. The van der Waals surface area contributed by atoms with Gasteiger partial charge in [0, 0.05) is 38.2 Å². The summed E-state index contributed by atoms with van der Waals surface area (Å²) in [5.74, 6) is 1.70. The van der Waals surface area contributed by atoms with Crippen LogP contribution in [0.5, 0.6) is 0 Å². The molecule has 2 aromatic rings. The van der Waals surface area contributed by atoms with Crippen LogP contribution in [0.2, 0.25) is 0 Å². The van der Waals surface area contributed by atoms with Gasteiger partial charge in [0.25, 0.3) is 0 Å². The number of nitrogens with zero attached hydrogens (tertiary/aromatic N) is 3. The molecular weight excluding hydrogens is 524 g/mol. The number of rotatable bonds is 10. The van der Waals surface area contributed by atoms with Gasteiger partial charge in [0.2, 0.25) is 0 Å². The van der Waals surface area contributed by atoms with Crippen LogP contribution in [-0.4, -0.2) is 120 Å². The Bertz CT molecular complexity index is 1190. The van der Waals surface area contributed by atoms with E-state index in [9.17, 15) is 10.2 Å². The van der Waals surface area contributed by atoms with Crippen molar-refractivity contribution in [2.45, 2.75) is 93.9 Å². The summed E-state index contributed by atoms with van der Waals surface area (Å²) in [7, 11) is 3.84. The lowest BCUT2D eigenvalue weighted by Crippen LogP contribution is -2.68. The number of hydrogen-bond acceptors (Lipinski definition) is 11. The molecule has 12 heteroatoms. The van der Waals surface area contributed by atoms with E-state index in [-0.39, 0.29) is 23.8 Å². The minimum Gasteiger partial charge on any atom is -0.387 e. The van der Waals surface area contributed by atoms with E-state index in [2.05, 4.69) is 64.9 Å². The van der Waals surface area contributed by atoms with Gasteiger partial charge in [-0.3, -0.25) is 16.0 Å². The van der Waals surface area contributed by atoms with Gasteiger partial charge >= 0.3 is 0 Å². The predicted molar refractivity (Wildman–Crippen MR) is 156 cm³/mol. The Balaban J connectivity index is 0.971. The van der Waals surface area contributed by atoms with E-state index >= 15 is 0 Å². The lowest BCUT2D eigenvalue weighted by Gasteiger charge is -2.42. The SMILES string of the molecule is COCC(C)(C)c1ccc2nc(CCC3CC(N(C)C[C@H]4O[C@@H](N5CNC6C(N)NCNC65)[C@H](O)[C@@H]4O)C3)[nH]c2c1. The minimum atomic E-state index is -0.970. The van der Waals surface area contributed by atoms with Gasteiger partial charge < -0.3 is 35.3 Å². The average Bonchev–Trinajstić information content (AvgIpc) is 3.60. The Morgan fingerprint density at radius 1 is 1.20 bits per heavy atom. The van der Waals surface area contributed by atoms with Crippen LogP contribution in [0.15, 0.2) is 18.2 Å². The maximum Gasteiger partial charge on any atom is 0.142 e. The summed E-state index contributed by atoms with van der Waals surface area (Å²) in [5, 5.41) is 31.7. The molecule has 0 spiro atoms. The number of ether oxygens (including phenoxy) is 2. The fourth-order valence-corrected chi connectivity index (χ4v) is 7.12. The molecule has 3 saturated heterocycles. The highest BCUT2D eigenvalue weighted by Gasteiger charge is 2.52. The Morgan fingerprint density at radius 2 is 2.00 bits per heavy atom. The smallest absolute Gasteiger partial charge is 0.142 e. The molecule has 1 aliphatic carbocycles. The number of nitrogens with two attached hydrogens (primary N) is 1. The monoisotopic (exact) mass is 572 g/mol. The van der Waals surface area contributed by atoms with Crippen LogP contribution in [-0.2, 0) is 21.3 Å². The topological polar surface area (TPSA) is 156 Å². The standard InChI is InChI=1S/C29H48N8O4/c1-29(2,13-40-4)17-6-7-19-20(11-17)35-22(34-19)8-5-16-9-18(10-16)36(3)12-21-24(38)25(39)28(41-21)37-15-33-23-26(30)31-14-32-27(23)37/h6-7,11,16,18,21,23-28,31-33,38-39H,5,8-10,12-15,30H2,1-4H3,(H,34,35)/t16?,18?,21-,23?,24-,25-,26?,27?,28-/m1/s1. The van der Waals surface area contributed by atoms with Crippen molar-refractivity contribution >= 4 is 11.0 Å². The molecule has 3 aliphatic heterocycles. The summed E-state index contributed by atoms with van der Waals surface area (Å²) in [4.78, 5) is 12.7. The second-order valence-corrected chi connectivity index (χ2v) is 13.2. The third-order valence-corrected chi connectivity index (χ3v) is 9.82. The third-order valence-electron chi connectivity index (χ3n) is 9.82. The Labute approximate surface area is 242 Å². The Hall–Kier alpha value is -1.71. The van der Waals surface area contributed by atoms with Gasteiger partial charge in [0.05, 0.1) is 42.7 Å². The van der Waals surface area contributed by atoms with E-state index in [0.29, 0.717) is 38.4 Å². The molecular formula is C29H48N8O4. The van der Waals surface area contributed by atoms with E-state index in [1.807, 2.05) is 4.90 Å². The number of H-pyrrole nitrogens is 1. The molecule has 0 amide bonds. The number of benzene rings is 1. The van der Waals surface area contributed by atoms with E-state index < -0.39 is 24.5 Å². The number of fused-ring (bicyclic) bond motifs is 2. The van der Waals surface area contributed by atoms with E-state index in [1.165, 1.54) is 5.56 Å². The van der Waals surface area contributed by atoms with E-state index in [1.54, 1.807) is 7.11 Å². The van der Waals surface area contributed by atoms with Gasteiger partial charge in [-0.1, -0.05) is 19.9 Å². The van der Waals surface area contributed by atoms with Gasteiger partial charge in [-0.2, -0.15) is 0 Å². The van der Waals surface area contributed by atoms with Crippen molar-refractivity contribution in [2.24, 2.45) is 11.7 Å². The zero-order chi connectivity index (χ0) is 28.9. The van der Waals surface area contributed by atoms with Crippen molar-refractivity contribution < 1.29 is 19.7 Å². The van der Waals surface area contributed by atoms with Crippen LogP contribution in [0.1, 0.15) is 44.5 Å². The van der Waals surface area contributed by atoms with Crippen molar-refractivity contribution in [2.75, 3.05) is 40.6 Å². The van der Waals surface area contributed by atoms with Gasteiger partial charge in [-0.05, 0) is 49.9 Å². The molecule has 41 heavy (non-hydrogen) atoms. The normalized spacial score (nSPS) is 36.2. The molecule has 8 N–H and O–H groups in total. The van der Waals surface area contributed by atoms with Crippen LogP contribution in [0.25, 0.3) is 11.0 Å². The van der Waals surface area contributed by atoms with Crippen LogP contribution in [0.4, 0.5) is 0 Å². The highest BCUT2D eigenvalue weighted by atomic mass is 16.6. The quantitative estimate of drug-likeness (QED) is 0.198. The molecule has 0 bridgehead atoms. The predicted octanol–water partition coefficient (Wildman–Crippen LogP) is -0.431. The summed E-state index contributed by atoms with van der Waals surface area (Å²) < 4.78 is 11.7. The number of imidazole rings is 1. The maximum atomic E-state index is 10.9.